The Morgan fingerprint density at radius 2 is 0.862 bits per heavy atom. The third-order valence-electron chi connectivity index (χ3n) is 10.6. The Bertz CT molecular complexity index is 1360. The van der Waals surface area contributed by atoms with Crippen molar-refractivity contribution in [1.82, 2.24) is 0 Å². The molecule has 0 aromatic rings. The monoisotopic (exact) mass is 815 g/mol. The van der Waals surface area contributed by atoms with Crippen molar-refractivity contribution < 1.29 is 28.6 Å². The number of hydrogen-bond acceptors (Lipinski definition) is 6. The van der Waals surface area contributed by atoms with Gasteiger partial charge < -0.3 is 14.2 Å². The van der Waals surface area contributed by atoms with E-state index in [-0.39, 0.29) is 63.6 Å². The van der Waals surface area contributed by atoms with Crippen molar-refractivity contribution >= 4 is 17.9 Å². The van der Waals surface area contributed by atoms with Crippen LogP contribution >= 0.6 is 0 Å². The van der Waals surface area contributed by atoms with Gasteiger partial charge in [0, 0.05) is 0 Å². The summed E-state index contributed by atoms with van der Waals surface area (Å²) in [6.07, 6.45) is 17.5. The molecule has 0 aromatic carbocycles. The first-order chi connectivity index (χ1) is 25.9. The second-order valence-electron chi connectivity index (χ2n) is 24.5. The minimum atomic E-state index is -0.946. The number of carbonyl (C=O) groups excluding carboxylic acids is 3. The maximum absolute atomic E-state index is 13.9. The zero-order valence-electron chi connectivity index (χ0n) is 42.0. The summed E-state index contributed by atoms with van der Waals surface area (Å²) in [5.74, 6) is -0.267. The normalized spacial score (nSPS) is 16.3. The molecule has 0 aliphatic heterocycles. The Labute approximate surface area is 359 Å². The summed E-state index contributed by atoms with van der Waals surface area (Å²) >= 11 is 0. The molecule has 0 fully saturated rings. The molecule has 0 bridgehead atoms. The fourth-order valence-corrected chi connectivity index (χ4v) is 8.91. The van der Waals surface area contributed by atoms with Gasteiger partial charge in [0.1, 0.15) is 13.2 Å². The second-order valence-corrected chi connectivity index (χ2v) is 24.5. The smallest absolute Gasteiger partial charge is 0.312 e. The molecule has 0 N–H and O–H groups in total. The van der Waals surface area contributed by atoms with E-state index in [2.05, 4.69) is 161 Å². The number of carbonyl (C=O) groups is 3. The third kappa shape index (κ3) is 25.3. The molecule has 6 heteroatoms. The van der Waals surface area contributed by atoms with Gasteiger partial charge in [-0.1, -0.05) is 175 Å². The lowest BCUT2D eigenvalue weighted by Crippen LogP contribution is -2.39. The lowest BCUT2D eigenvalue weighted by molar-refractivity contribution is -0.176. The van der Waals surface area contributed by atoms with Gasteiger partial charge in [-0.15, -0.1) is 0 Å². The summed E-state index contributed by atoms with van der Waals surface area (Å²) in [5.41, 5.74) is -1.35. The minimum absolute atomic E-state index is 0.000820. The highest BCUT2D eigenvalue weighted by Crippen LogP contribution is 2.40. The van der Waals surface area contributed by atoms with Gasteiger partial charge in [-0.3, -0.25) is 14.4 Å². The molecule has 0 radical (unpaired) electrons. The molecule has 0 heterocycles. The lowest BCUT2D eigenvalue weighted by Gasteiger charge is -2.34. The Hall–Kier alpha value is -2.37. The second kappa shape index (κ2) is 22.5. The molecular weight excluding hydrogens is 721 g/mol. The van der Waals surface area contributed by atoms with Gasteiger partial charge in [0.15, 0.2) is 6.10 Å². The van der Waals surface area contributed by atoms with Gasteiger partial charge in [-0.2, -0.15) is 0 Å². The highest BCUT2D eigenvalue weighted by Gasteiger charge is 2.38. The highest BCUT2D eigenvalue weighted by atomic mass is 16.6. The number of esters is 3. The Morgan fingerprint density at radius 1 is 0.483 bits per heavy atom. The maximum Gasteiger partial charge on any atom is 0.312 e. The summed E-state index contributed by atoms with van der Waals surface area (Å²) in [6.45, 7) is 46.8. The zero-order valence-corrected chi connectivity index (χ0v) is 42.0. The summed E-state index contributed by atoms with van der Waals surface area (Å²) < 4.78 is 17.8. The Kier molecular flexibility index (Phi) is 21.5. The van der Waals surface area contributed by atoms with Crippen molar-refractivity contribution in [3.63, 3.8) is 0 Å². The van der Waals surface area contributed by atoms with E-state index in [9.17, 15) is 14.4 Å². The minimum Gasteiger partial charge on any atom is -0.461 e. The predicted octanol–water partition coefficient (Wildman–Crippen LogP) is 14.4. The molecule has 0 amide bonds. The van der Waals surface area contributed by atoms with Crippen molar-refractivity contribution in [2.24, 2.45) is 67.5 Å². The van der Waals surface area contributed by atoms with E-state index in [0.29, 0.717) is 37.0 Å². The molecule has 0 spiro atoms. The van der Waals surface area contributed by atoms with Crippen LogP contribution in [0.3, 0.4) is 0 Å². The number of ether oxygens (including phenoxy) is 3. The molecule has 0 saturated carbocycles. The first-order valence-electron chi connectivity index (χ1n) is 22.5. The molecule has 0 aliphatic carbocycles. The van der Waals surface area contributed by atoms with E-state index >= 15 is 0 Å². The van der Waals surface area contributed by atoms with E-state index in [1.54, 1.807) is 0 Å². The van der Waals surface area contributed by atoms with Gasteiger partial charge in [0.25, 0.3) is 0 Å². The SMILES string of the molecule is CC(C)CC(C)/C=C\C(C)(C)CC(C)C(=O)OCC(COC(=O)C(C)CC(C)(C)/C=C\C(C)(C)CC(C)C)OC(=O)C(C)(C)CC(C)(C)/C=C\C(C)(C)CC(C)(C)C. The van der Waals surface area contributed by atoms with Gasteiger partial charge in [-0.05, 0) is 103 Å². The van der Waals surface area contributed by atoms with E-state index in [1.165, 1.54) is 0 Å². The van der Waals surface area contributed by atoms with Crippen molar-refractivity contribution in [2.75, 3.05) is 13.2 Å². The Morgan fingerprint density at radius 3 is 1.26 bits per heavy atom. The van der Waals surface area contributed by atoms with E-state index in [1.807, 2.05) is 27.7 Å². The molecule has 0 saturated heterocycles. The van der Waals surface area contributed by atoms with Gasteiger partial charge in [0.05, 0.1) is 17.3 Å². The number of allylic oxidation sites excluding steroid dienone is 6. The molecule has 0 rings (SSSR count). The lowest BCUT2D eigenvalue weighted by atomic mass is 9.72. The third-order valence-corrected chi connectivity index (χ3v) is 10.6. The van der Waals surface area contributed by atoms with E-state index in [4.69, 9.17) is 14.2 Å². The maximum atomic E-state index is 13.9. The van der Waals surface area contributed by atoms with Crippen LogP contribution in [0.15, 0.2) is 36.5 Å². The summed E-state index contributed by atoms with van der Waals surface area (Å²) in [7, 11) is 0. The molecule has 338 valence electrons. The molecule has 58 heavy (non-hydrogen) atoms. The van der Waals surface area contributed by atoms with Gasteiger partial charge in [0.2, 0.25) is 0 Å². The molecule has 6 nitrogen and oxygen atoms in total. The van der Waals surface area contributed by atoms with Crippen LogP contribution in [0.1, 0.15) is 191 Å². The molecular formula is C52H94O6. The summed E-state index contributed by atoms with van der Waals surface area (Å²) in [6, 6.07) is 0. The molecule has 0 aliphatic rings. The number of hydrogen-bond donors (Lipinski definition) is 0. The average molecular weight is 815 g/mol. The van der Waals surface area contributed by atoms with Crippen LogP contribution in [0.2, 0.25) is 0 Å². The molecule has 4 unspecified atom stereocenters. The van der Waals surface area contributed by atoms with Crippen LogP contribution in [0.25, 0.3) is 0 Å². The predicted molar refractivity (Wildman–Crippen MR) is 246 cm³/mol. The zero-order chi connectivity index (χ0) is 45.7. The van der Waals surface area contributed by atoms with Crippen LogP contribution in [0, 0.1) is 67.5 Å². The topological polar surface area (TPSA) is 78.9 Å². The number of rotatable bonds is 25. The quantitative estimate of drug-likeness (QED) is 0.0519. The Balaban J connectivity index is 6.08. The van der Waals surface area contributed by atoms with Crippen LogP contribution in [0.5, 0.6) is 0 Å². The summed E-state index contributed by atoms with van der Waals surface area (Å²) in [4.78, 5) is 40.8. The van der Waals surface area contributed by atoms with Crippen LogP contribution in [-0.2, 0) is 28.6 Å². The standard InChI is InChI=1S/C52H94O6/c1-37(2)29-39(5)23-24-47(11,12)31-40(6)43(53)56-33-42(34-57-44(54)41(7)32-49(15,16)26-25-48(13,14)30-38(3)4)58-45(55)52(21,22)36-51(19,20)28-27-50(17,18)35-46(8,9)10/h23-28,37-42H,29-36H2,1-22H3/b24-23-,26-25-,28-27-. The first-order valence-corrected chi connectivity index (χ1v) is 22.5. The molecule has 4 atom stereocenters. The van der Waals surface area contributed by atoms with Crippen molar-refractivity contribution in [1.29, 1.82) is 0 Å². The first kappa shape index (κ1) is 55.6. The fourth-order valence-electron chi connectivity index (χ4n) is 8.91. The van der Waals surface area contributed by atoms with E-state index < -0.39 is 23.4 Å². The summed E-state index contributed by atoms with van der Waals surface area (Å²) in [5, 5.41) is 0. The van der Waals surface area contributed by atoms with Crippen molar-refractivity contribution in [3.05, 3.63) is 36.5 Å². The highest BCUT2D eigenvalue weighted by molar-refractivity contribution is 5.76. The fraction of sp³-hybridized carbons (Fsp3) is 0.827. The van der Waals surface area contributed by atoms with Crippen LogP contribution in [0.4, 0.5) is 0 Å². The van der Waals surface area contributed by atoms with E-state index in [0.717, 1.165) is 19.3 Å². The van der Waals surface area contributed by atoms with Crippen LogP contribution in [-0.4, -0.2) is 37.2 Å². The average Bonchev–Trinajstić information content (AvgIpc) is 3.00. The largest absolute Gasteiger partial charge is 0.461 e. The van der Waals surface area contributed by atoms with Crippen molar-refractivity contribution in [2.45, 2.75) is 197 Å². The van der Waals surface area contributed by atoms with Crippen LogP contribution < -0.4 is 0 Å². The van der Waals surface area contributed by atoms with Crippen molar-refractivity contribution in [3.8, 4) is 0 Å². The van der Waals surface area contributed by atoms with Gasteiger partial charge >= 0.3 is 17.9 Å². The molecule has 0 aromatic heterocycles. The van der Waals surface area contributed by atoms with Gasteiger partial charge in [-0.25, -0.2) is 0 Å².